The van der Waals surface area contributed by atoms with Crippen LogP contribution < -0.4 is 0 Å². The van der Waals surface area contributed by atoms with Crippen LogP contribution in [-0.2, 0) is 13.9 Å². The molecule has 0 amide bonds. The number of carbonyl (C=O) groups is 1. The van der Waals surface area contributed by atoms with Crippen LogP contribution in [-0.4, -0.2) is 19.3 Å². The lowest BCUT2D eigenvalue weighted by Crippen LogP contribution is -1.85. The third-order valence-corrected chi connectivity index (χ3v) is 1.87. The first-order chi connectivity index (χ1) is 4.06. The van der Waals surface area contributed by atoms with E-state index < -0.39 is 9.15 Å². The van der Waals surface area contributed by atoms with Crippen molar-refractivity contribution < 1.29 is 17.8 Å². The van der Waals surface area contributed by atoms with E-state index in [1.54, 1.807) is 0 Å². The van der Waals surface area contributed by atoms with Gasteiger partial charge < -0.3 is 4.55 Å². The molecule has 0 heterocycles. The van der Waals surface area contributed by atoms with E-state index >= 15 is 0 Å². The zero-order valence-electron chi connectivity index (χ0n) is 4.18. The molecule has 0 bridgehead atoms. The molecule has 0 spiro atoms. The maximum atomic E-state index is 9.75. The number of rotatable bonds is 3. The van der Waals surface area contributed by atoms with Gasteiger partial charge in [0.1, 0.15) is 6.29 Å². The van der Waals surface area contributed by atoms with Gasteiger partial charge in [0, 0.05) is 0 Å². The molecule has 0 aliphatic heterocycles. The Labute approximate surface area is 56.1 Å². The second kappa shape index (κ2) is 3.65. The zero-order valence-corrected chi connectivity index (χ0v) is 5.81. The van der Waals surface area contributed by atoms with Gasteiger partial charge >= 0.3 is 0 Å². The maximum Gasteiger partial charge on any atom is 0.153 e. The molecule has 4 nitrogen and oxygen atoms in total. The van der Waals surface area contributed by atoms with E-state index in [0.29, 0.717) is 6.29 Å². The highest BCUT2D eigenvalue weighted by Crippen LogP contribution is 2.08. The number of allylic oxidation sites excluding steroid dienone is 1. The third kappa shape index (κ3) is 7.67. The van der Waals surface area contributed by atoms with Crippen molar-refractivity contribution in [3.05, 3.63) is 11.5 Å². The molecule has 9 heavy (non-hydrogen) atoms. The largest absolute Gasteiger partial charge is 0.739 e. The monoisotopic (exact) mass is 167 g/mol. The first kappa shape index (κ1) is 8.67. The predicted octanol–water partition coefficient (Wildman–Crippen LogP) is -0.108. The molecule has 0 saturated carbocycles. The van der Waals surface area contributed by atoms with E-state index in [4.69, 9.17) is 0 Å². The van der Waals surface area contributed by atoms with Crippen LogP contribution >= 0.6 is 10.8 Å². The molecule has 0 aromatic rings. The fraction of sp³-hybridized carbons (Fsp3) is 0. The molecule has 52 valence electrons. The first-order valence-electron chi connectivity index (χ1n) is 1.80. The minimum atomic E-state index is -4.28. The number of aldehydes is 1. The molecule has 0 aromatic carbocycles. The first-order valence-corrected chi connectivity index (χ1v) is 4.61. The van der Waals surface area contributed by atoms with E-state index in [9.17, 15) is 17.8 Å². The Hall–Kier alpha value is -0.330. The number of hydrogen-bond acceptors (Lipinski definition) is 5. The van der Waals surface area contributed by atoms with Crippen LogP contribution in [0.25, 0.3) is 0 Å². The normalized spacial score (nSPS) is 12.1. The van der Waals surface area contributed by atoms with Crippen molar-refractivity contribution in [1.29, 1.82) is 0 Å². The van der Waals surface area contributed by atoms with Gasteiger partial charge in [0.2, 0.25) is 0 Å². The van der Waals surface area contributed by atoms with E-state index in [2.05, 4.69) is 0 Å². The molecule has 0 rings (SSSR count). The van der Waals surface area contributed by atoms with Crippen molar-refractivity contribution in [2.24, 2.45) is 0 Å². The van der Waals surface area contributed by atoms with Gasteiger partial charge in [-0.05, 0) is 22.3 Å². The van der Waals surface area contributed by atoms with Crippen molar-refractivity contribution >= 4 is 26.2 Å². The molecule has 0 N–H and O–H groups in total. The molecule has 0 aliphatic carbocycles. The van der Waals surface area contributed by atoms with Gasteiger partial charge in [0.15, 0.2) is 9.15 Å². The van der Waals surface area contributed by atoms with Crippen LogP contribution in [0.3, 0.4) is 0 Å². The zero-order chi connectivity index (χ0) is 7.33. The van der Waals surface area contributed by atoms with Crippen LogP contribution in [0.1, 0.15) is 0 Å². The lowest BCUT2D eigenvalue weighted by atomic mass is 10.7. The molecule has 6 heteroatoms. The quantitative estimate of drug-likeness (QED) is 0.254. The minimum Gasteiger partial charge on any atom is -0.739 e. The second-order valence-corrected chi connectivity index (χ2v) is 4.05. The van der Waals surface area contributed by atoms with E-state index in [1.807, 2.05) is 0 Å². The Morgan fingerprint density at radius 1 is 1.44 bits per heavy atom. The Morgan fingerprint density at radius 3 is 2.33 bits per heavy atom. The summed E-state index contributed by atoms with van der Waals surface area (Å²) in [6, 6.07) is 0. The standard InChI is InChI=1S/C3H4O4S2/c4-2-1-3-8-9(5,6)7/h1-3H,(H,5,6,7)/p-1/b3-1-. The topological polar surface area (TPSA) is 74.3 Å². The molecule has 0 aliphatic rings. The van der Waals surface area contributed by atoms with Crippen molar-refractivity contribution in [2.45, 2.75) is 0 Å². The summed E-state index contributed by atoms with van der Waals surface area (Å²) in [7, 11) is -4.21. The lowest BCUT2D eigenvalue weighted by Gasteiger charge is -1.97. The van der Waals surface area contributed by atoms with Crippen LogP contribution in [0.5, 0.6) is 0 Å². The summed E-state index contributed by atoms with van der Waals surface area (Å²) < 4.78 is 29.2. The smallest absolute Gasteiger partial charge is 0.153 e. The predicted molar refractivity (Wildman–Crippen MR) is 32.5 cm³/mol. The van der Waals surface area contributed by atoms with Crippen LogP contribution in [0, 0.1) is 0 Å². The molecule has 0 saturated heterocycles. The Balaban J connectivity index is 3.78. The van der Waals surface area contributed by atoms with Gasteiger partial charge in [-0.15, -0.1) is 0 Å². The van der Waals surface area contributed by atoms with Crippen molar-refractivity contribution in [2.75, 3.05) is 0 Å². The summed E-state index contributed by atoms with van der Waals surface area (Å²) in [6.45, 7) is 0. The van der Waals surface area contributed by atoms with Crippen molar-refractivity contribution in [1.82, 2.24) is 0 Å². The van der Waals surface area contributed by atoms with E-state index in [1.165, 1.54) is 0 Å². The second-order valence-electron chi connectivity index (χ2n) is 0.969. The van der Waals surface area contributed by atoms with Crippen molar-refractivity contribution in [3.8, 4) is 0 Å². The van der Waals surface area contributed by atoms with Gasteiger partial charge in [-0.2, -0.15) is 0 Å². The minimum absolute atomic E-state index is 0.0630. The van der Waals surface area contributed by atoms with Crippen LogP contribution in [0.15, 0.2) is 11.5 Å². The molecule has 0 fully saturated rings. The summed E-state index contributed by atoms with van der Waals surface area (Å²) in [5.41, 5.74) is 0. The van der Waals surface area contributed by atoms with Crippen molar-refractivity contribution in [3.63, 3.8) is 0 Å². The summed E-state index contributed by atoms with van der Waals surface area (Å²) >= 11 is 0. The van der Waals surface area contributed by atoms with Gasteiger partial charge in [0.25, 0.3) is 0 Å². The summed E-state index contributed by atoms with van der Waals surface area (Å²) in [5, 5.41) is 0.912. The molecule has 0 aromatic heterocycles. The van der Waals surface area contributed by atoms with E-state index in [0.717, 1.165) is 11.5 Å². The average Bonchev–Trinajstić information content (AvgIpc) is 1.63. The summed E-state index contributed by atoms with van der Waals surface area (Å²) in [6.07, 6.45) is 1.32. The molecule has 0 unspecified atom stereocenters. The third-order valence-electron chi connectivity index (χ3n) is 0.331. The van der Waals surface area contributed by atoms with Crippen LogP contribution in [0.4, 0.5) is 0 Å². The summed E-state index contributed by atoms with van der Waals surface area (Å²) in [5.74, 6) is 0. The Morgan fingerprint density at radius 2 is 2.00 bits per heavy atom. The highest BCUT2D eigenvalue weighted by atomic mass is 33.1. The summed E-state index contributed by atoms with van der Waals surface area (Å²) in [4.78, 5) is 9.49. The molecular formula is C3H3O4S2-. The van der Waals surface area contributed by atoms with Gasteiger partial charge in [-0.25, -0.2) is 8.42 Å². The maximum absolute atomic E-state index is 9.75. The van der Waals surface area contributed by atoms with Gasteiger partial charge in [-0.3, -0.25) is 4.79 Å². The number of hydrogen-bond donors (Lipinski definition) is 0. The Bertz CT molecular complexity index is 202. The fourth-order valence-corrected chi connectivity index (χ4v) is 0.997. The van der Waals surface area contributed by atoms with Gasteiger partial charge in [0.05, 0.1) is 0 Å². The molecule has 0 atom stereocenters. The van der Waals surface area contributed by atoms with Crippen LogP contribution in [0.2, 0.25) is 0 Å². The average molecular weight is 167 g/mol. The Kier molecular flexibility index (Phi) is 3.52. The number of carbonyl (C=O) groups excluding carboxylic acids is 1. The SMILES string of the molecule is O=C/C=C\SS(=O)(=O)[O-]. The fourth-order valence-electron chi connectivity index (χ4n) is 0.132. The highest BCUT2D eigenvalue weighted by Gasteiger charge is 1.86. The molecule has 0 radical (unpaired) electrons. The lowest BCUT2D eigenvalue weighted by molar-refractivity contribution is -0.104. The van der Waals surface area contributed by atoms with Gasteiger partial charge in [-0.1, -0.05) is 0 Å². The molecular weight excluding hydrogens is 164 g/mol. The highest BCUT2D eigenvalue weighted by molar-refractivity contribution is 8.71. The van der Waals surface area contributed by atoms with E-state index in [-0.39, 0.29) is 10.8 Å².